The number of halogens is 1. The van der Waals surface area contributed by atoms with Crippen LogP contribution in [0.15, 0.2) is 36.8 Å². The second-order valence-corrected chi connectivity index (χ2v) is 4.80. The molecule has 0 saturated heterocycles. The minimum atomic E-state index is -1.05. The molecule has 3 rings (SSSR count). The van der Waals surface area contributed by atoms with E-state index in [0.29, 0.717) is 17.1 Å². The molecule has 0 saturated carbocycles. The first-order chi connectivity index (χ1) is 10.1. The Kier molecular flexibility index (Phi) is 3.23. The van der Waals surface area contributed by atoms with Crippen LogP contribution < -0.4 is 4.74 Å². The molecule has 0 aliphatic carbocycles. The number of ether oxygens (including phenoxy) is 1. The van der Waals surface area contributed by atoms with Gasteiger partial charge in [-0.2, -0.15) is 0 Å². The second kappa shape index (κ2) is 5.06. The summed E-state index contributed by atoms with van der Waals surface area (Å²) < 4.78 is 7.50. The van der Waals surface area contributed by atoms with Crippen molar-refractivity contribution in [3.05, 3.63) is 47.4 Å². The van der Waals surface area contributed by atoms with Crippen LogP contribution in [0, 0.1) is 0 Å². The molecule has 106 valence electrons. The van der Waals surface area contributed by atoms with Crippen molar-refractivity contribution in [2.24, 2.45) is 7.05 Å². The van der Waals surface area contributed by atoms with Gasteiger partial charge < -0.3 is 14.4 Å². The van der Waals surface area contributed by atoms with Gasteiger partial charge in [-0.1, -0.05) is 11.6 Å². The van der Waals surface area contributed by atoms with E-state index in [1.807, 2.05) is 17.7 Å². The van der Waals surface area contributed by atoms with Gasteiger partial charge in [0, 0.05) is 13.2 Å². The molecule has 3 aromatic rings. The Hall–Kier alpha value is -2.60. The third-order valence-electron chi connectivity index (χ3n) is 2.99. The van der Waals surface area contributed by atoms with Gasteiger partial charge in [0.2, 0.25) is 5.88 Å². The molecule has 21 heavy (non-hydrogen) atoms. The van der Waals surface area contributed by atoms with Gasteiger partial charge in [-0.3, -0.25) is 0 Å². The second-order valence-electron chi connectivity index (χ2n) is 4.39. The molecule has 0 radical (unpaired) electrons. The van der Waals surface area contributed by atoms with Gasteiger partial charge in [0.05, 0.1) is 22.4 Å². The Morgan fingerprint density at radius 3 is 2.86 bits per heavy atom. The number of aromatic nitrogens is 3. The molecule has 0 amide bonds. The summed E-state index contributed by atoms with van der Waals surface area (Å²) in [6.07, 6.45) is 3.27. The number of fused-ring (bicyclic) bond motifs is 1. The largest absolute Gasteiger partial charge is 0.478 e. The first-order valence-electron chi connectivity index (χ1n) is 6.03. The van der Waals surface area contributed by atoms with Gasteiger partial charge in [0.25, 0.3) is 0 Å². The average molecular weight is 304 g/mol. The molecule has 0 atom stereocenters. The van der Waals surface area contributed by atoms with Gasteiger partial charge in [-0.15, -0.1) is 0 Å². The van der Waals surface area contributed by atoms with E-state index in [0.717, 1.165) is 5.52 Å². The first-order valence-corrected chi connectivity index (χ1v) is 6.41. The van der Waals surface area contributed by atoms with E-state index in [1.54, 1.807) is 12.5 Å². The van der Waals surface area contributed by atoms with Crippen molar-refractivity contribution in [1.29, 1.82) is 0 Å². The highest BCUT2D eigenvalue weighted by molar-refractivity contribution is 6.32. The molecule has 7 heteroatoms. The highest BCUT2D eigenvalue weighted by Gasteiger charge is 2.13. The van der Waals surface area contributed by atoms with E-state index in [-0.39, 0.29) is 10.6 Å². The molecule has 2 aromatic heterocycles. The van der Waals surface area contributed by atoms with E-state index in [4.69, 9.17) is 21.4 Å². The van der Waals surface area contributed by atoms with Crippen molar-refractivity contribution in [3.63, 3.8) is 0 Å². The number of imidazole rings is 1. The Morgan fingerprint density at radius 2 is 2.14 bits per heavy atom. The lowest BCUT2D eigenvalue weighted by molar-refractivity contribution is 0.0697. The lowest BCUT2D eigenvalue weighted by atomic mass is 10.2. The zero-order valence-electron chi connectivity index (χ0n) is 10.9. The standard InChI is InChI=1S/C14H10ClN3O3/c1-18-7-17-12-10(18)4-5-16-13(12)21-11-3-2-8(14(19)20)6-9(11)15/h2-7H,1H3,(H,19,20). The van der Waals surface area contributed by atoms with E-state index >= 15 is 0 Å². The molecule has 2 heterocycles. The maximum atomic E-state index is 10.9. The van der Waals surface area contributed by atoms with E-state index in [9.17, 15) is 4.79 Å². The van der Waals surface area contributed by atoms with Crippen molar-refractivity contribution in [3.8, 4) is 11.6 Å². The van der Waals surface area contributed by atoms with Crippen LogP contribution in [-0.4, -0.2) is 25.6 Å². The minimum absolute atomic E-state index is 0.0938. The monoisotopic (exact) mass is 303 g/mol. The average Bonchev–Trinajstić information content (AvgIpc) is 2.84. The Balaban J connectivity index is 2.01. The van der Waals surface area contributed by atoms with Crippen LogP contribution in [0.25, 0.3) is 11.0 Å². The zero-order valence-corrected chi connectivity index (χ0v) is 11.7. The number of carbonyl (C=O) groups is 1. The molecule has 0 unspecified atom stereocenters. The predicted octanol–water partition coefficient (Wildman–Crippen LogP) is 3.11. The van der Waals surface area contributed by atoms with Crippen LogP contribution in [0.1, 0.15) is 10.4 Å². The van der Waals surface area contributed by atoms with Crippen LogP contribution in [0.4, 0.5) is 0 Å². The zero-order chi connectivity index (χ0) is 15.0. The van der Waals surface area contributed by atoms with Gasteiger partial charge in [0.15, 0.2) is 5.52 Å². The summed E-state index contributed by atoms with van der Waals surface area (Å²) >= 11 is 6.04. The number of hydrogen-bond donors (Lipinski definition) is 1. The molecule has 0 bridgehead atoms. The SMILES string of the molecule is Cn1cnc2c(Oc3ccc(C(=O)O)cc3Cl)nccc21. The number of aromatic carboxylic acids is 1. The summed E-state index contributed by atoms with van der Waals surface area (Å²) in [5.74, 6) is -0.404. The molecular formula is C14H10ClN3O3. The normalized spacial score (nSPS) is 10.8. The summed E-state index contributed by atoms with van der Waals surface area (Å²) in [5, 5.41) is 9.11. The number of hydrogen-bond acceptors (Lipinski definition) is 4. The van der Waals surface area contributed by atoms with Crippen LogP contribution in [0.2, 0.25) is 5.02 Å². The van der Waals surface area contributed by atoms with Crippen molar-refractivity contribution < 1.29 is 14.6 Å². The van der Waals surface area contributed by atoms with Gasteiger partial charge >= 0.3 is 5.97 Å². The van der Waals surface area contributed by atoms with Gasteiger partial charge in [0.1, 0.15) is 5.75 Å². The Labute approximate surface area is 124 Å². The van der Waals surface area contributed by atoms with E-state index in [2.05, 4.69) is 9.97 Å². The topological polar surface area (TPSA) is 77.2 Å². The third kappa shape index (κ3) is 2.41. The van der Waals surface area contributed by atoms with Gasteiger partial charge in [-0.25, -0.2) is 14.8 Å². The lowest BCUT2D eigenvalue weighted by Crippen LogP contribution is -1.97. The number of pyridine rings is 1. The fourth-order valence-corrected chi connectivity index (χ4v) is 2.15. The maximum absolute atomic E-state index is 10.9. The number of carboxylic acids is 1. The summed E-state index contributed by atoms with van der Waals surface area (Å²) in [7, 11) is 1.87. The molecule has 0 fully saturated rings. The molecule has 0 aliphatic heterocycles. The van der Waals surface area contributed by atoms with Crippen LogP contribution >= 0.6 is 11.6 Å². The number of nitrogens with zero attached hydrogens (tertiary/aromatic N) is 3. The predicted molar refractivity (Wildman–Crippen MR) is 77.0 cm³/mol. The number of carboxylic acid groups (broad SMARTS) is 1. The summed E-state index contributed by atoms with van der Waals surface area (Å²) in [6, 6.07) is 6.07. The molecular weight excluding hydrogens is 294 g/mol. The summed E-state index contributed by atoms with van der Waals surface area (Å²) in [5.41, 5.74) is 1.58. The minimum Gasteiger partial charge on any atom is -0.478 e. The quantitative estimate of drug-likeness (QED) is 0.804. The molecule has 0 spiro atoms. The van der Waals surface area contributed by atoms with Crippen molar-refractivity contribution in [2.45, 2.75) is 0 Å². The van der Waals surface area contributed by atoms with Crippen molar-refractivity contribution >= 4 is 28.6 Å². The summed E-state index contributed by atoms with van der Waals surface area (Å²) in [4.78, 5) is 19.2. The number of aryl methyl sites for hydroxylation is 1. The van der Waals surface area contributed by atoms with Crippen LogP contribution in [0.3, 0.4) is 0 Å². The molecule has 1 N–H and O–H groups in total. The maximum Gasteiger partial charge on any atom is 0.335 e. The Bertz CT molecular complexity index is 845. The third-order valence-corrected chi connectivity index (χ3v) is 3.29. The molecule has 6 nitrogen and oxygen atoms in total. The smallest absolute Gasteiger partial charge is 0.335 e. The van der Waals surface area contributed by atoms with Crippen molar-refractivity contribution in [1.82, 2.24) is 14.5 Å². The first kappa shape index (κ1) is 13.4. The fraction of sp³-hybridized carbons (Fsp3) is 0.0714. The fourth-order valence-electron chi connectivity index (χ4n) is 1.93. The Morgan fingerprint density at radius 1 is 1.33 bits per heavy atom. The van der Waals surface area contributed by atoms with E-state index in [1.165, 1.54) is 18.2 Å². The van der Waals surface area contributed by atoms with Crippen molar-refractivity contribution in [2.75, 3.05) is 0 Å². The molecule has 0 aliphatic rings. The summed E-state index contributed by atoms with van der Waals surface area (Å²) in [6.45, 7) is 0. The lowest BCUT2D eigenvalue weighted by Gasteiger charge is -2.07. The number of rotatable bonds is 3. The van der Waals surface area contributed by atoms with Gasteiger partial charge in [-0.05, 0) is 24.3 Å². The highest BCUT2D eigenvalue weighted by Crippen LogP contribution is 2.32. The highest BCUT2D eigenvalue weighted by atomic mass is 35.5. The van der Waals surface area contributed by atoms with E-state index < -0.39 is 5.97 Å². The van der Waals surface area contributed by atoms with Crippen LogP contribution in [0.5, 0.6) is 11.6 Å². The molecule has 1 aromatic carbocycles. The van der Waals surface area contributed by atoms with Crippen LogP contribution in [-0.2, 0) is 7.05 Å². The number of benzene rings is 1.